The molecule has 0 unspecified atom stereocenters. The first kappa shape index (κ1) is 13.7. The Kier molecular flexibility index (Phi) is 3.79. The molecule has 0 amide bonds. The first-order chi connectivity index (χ1) is 9.52. The second-order valence-corrected chi connectivity index (χ2v) is 4.34. The van der Waals surface area contributed by atoms with E-state index in [0.29, 0.717) is 11.1 Å². The highest BCUT2D eigenvalue weighted by molar-refractivity contribution is 5.90. The number of nitro benzene ring substituents is 1. The van der Waals surface area contributed by atoms with E-state index in [1.165, 1.54) is 12.1 Å². The predicted octanol–water partition coefficient (Wildman–Crippen LogP) is 3.52. The molecule has 0 fully saturated rings. The molecule has 0 aromatic heterocycles. The van der Waals surface area contributed by atoms with E-state index in [2.05, 4.69) is 0 Å². The van der Waals surface area contributed by atoms with Crippen LogP contribution in [0.5, 0.6) is 0 Å². The van der Waals surface area contributed by atoms with Crippen molar-refractivity contribution >= 4 is 11.7 Å². The number of benzene rings is 2. The normalized spacial score (nSPS) is 10.2. The van der Waals surface area contributed by atoms with Gasteiger partial charge in [-0.2, -0.15) is 0 Å². The van der Waals surface area contributed by atoms with Crippen LogP contribution in [0.4, 0.5) is 5.69 Å². The Morgan fingerprint density at radius 1 is 1.20 bits per heavy atom. The molecule has 0 radical (unpaired) electrons. The second kappa shape index (κ2) is 5.52. The van der Waals surface area contributed by atoms with E-state index < -0.39 is 10.9 Å². The zero-order valence-electron chi connectivity index (χ0n) is 10.9. The molecule has 5 heteroatoms. The van der Waals surface area contributed by atoms with Crippen LogP contribution in [-0.4, -0.2) is 16.0 Å². The van der Waals surface area contributed by atoms with E-state index in [4.69, 9.17) is 5.11 Å². The largest absolute Gasteiger partial charge is 0.478 e. The van der Waals surface area contributed by atoms with Crippen molar-refractivity contribution in [1.29, 1.82) is 0 Å². The van der Waals surface area contributed by atoms with Gasteiger partial charge < -0.3 is 5.11 Å². The molecule has 1 N–H and O–H groups in total. The van der Waals surface area contributed by atoms with Crippen molar-refractivity contribution < 1.29 is 14.8 Å². The molecule has 0 aliphatic carbocycles. The van der Waals surface area contributed by atoms with Crippen molar-refractivity contribution in [3.05, 3.63) is 63.7 Å². The molecule has 0 bridgehead atoms. The first-order valence-corrected chi connectivity index (χ1v) is 6.14. The average molecular weight is 271 g/mol. The van der Waals surface area contributed by atoms with E-state index in [0.717, 1.165) is 18.1 Å². The molecule has 20 heavy (non-hydrogen) atoms. The molecule has 2 rings (SSSR count). The summed E-state index contributed by atoms with van der Waals surface area (Å²) in [6.45, 7) is 2.03. The van der Waals surface area contributed by atoms with E-state index in [1.807, 2.05) is 31.2 Å². The van der Waals surface area contributed by atoms with Crippen molar-refractivity contribution in [2.75, 3.05) is 0 Å². The van der Waals surface area contributed by atoms with Crippen LogP contribution in [0.2, 0.25) is 0 Å². The minimum Gasteiger partial charge on any atom is -0.478 e. The van der Waals surface area contributed by atoms with Gasteiger partial charge in [0.2, 0.25) is 0 Å². The van der Waals surface area contributed by atoms with E-state index in [-0.39, 0.29) is 11.3 Å². The molecule has 0 atom stereocenters. The van der Waals surface area contributed by atoms with Crippen LogP contribution >= 0.6 is 0 Å². The highest BCUT2D eigenvalue weighted by Crippen LogP contribution is 2.31. The zero-order valence-corrected chi connectivity index (χ0v) is 10.9. The Balaban J connectivity index is 2.54. The summed E-state index contributed by atoms with van der Waals surface area (Å²) in [6.07, 6.45) is 0.889. The van der Waals surface area contributed by atoms with E-state index in [9.17, 15) is 14.9 Å². The number of aromatic carboxylic acids is 1. The first-order valence-electron chi connectivity index (χ1n) is 6.14. The van der Waals surface area contributed by atoms with Crippen molar-refractivity contribution in [2.45, 2.75) is 13.3 Å². The molecule has 102 valence electrons. The second-order valence-electron chi connectivity index (χ2n) is 4.34. The molecule has 0 heterocycles. The summed E-state index contributed by atoms with van der Waals surface area (Å²) < 4.78 is 0. The lowest BCUT2D eigenvalue weighted by atomic mass is 10.00. The summed E-state index contributed by atoms with van der Waals surface area (Å²) in [6, 6.07) is 11.4. The van der Waals surface area contributed by atoms with Gasteiger partial charge in [-0.15, -0.1) is 0 Å². The van der Waals surface area contributed by atoms with Gasteiger partial charge in [-0.3, -0.25) is 10.1 Å². The lowest BCUT2D eigenvalue weighted by molar-refractivity contribution is -0.384. The molecule has 0 aliphatic heterocycles. The monoisotopic (exact) mass is 271 g/mol. The number of rotatable bonds is 4. The summed E-state index contributed by atoms with van der Waals surface area (Å²) in [5, 5.41) is 20.0. The quantitative estimate of drug-likeness (QED) is 0.681. The molecule has 0 spiro atoms. The molecular formula is C15H13NO4. The number of hydrogen-bond donors (Lipinski definition) is 1. The Hall–Kier alpha value is -2.69. The maximum atomic E-state index is 11.1. The third-order valence-electron chi connectivity index (χ3n) is 3.11. The number of nitro groups is 1. The van der Waals surface area contributed by atoms with Crippen LogP contribution in [0, 0.1) is 10.1 Å². The maximum absolute atomic E-state index is 11.1. The topological polar surface area (TPSA) is 80.4 Å². The van der Waals surface area contributed by atoms with Crippen LogP contribution in [-0.2, 0) is 6.42 Å². The van der Waals surface area contributed by atoms with Crippen LogP contribution < -0.4 is 0 Å². The molecule has 2 aromatic carbocycles. The fraction of sp³-hybridized carbons (Fsp3) is 0.133. The summed E-state index contributed by atoms with van der Waals surface area (Å²) in [4.78, 5) is 21.4. The van der Waals surface area contributed by atoms with Gasteiger partial charge in [0.05, 0.1) is 16.1 Å². The molecule has 2 aromatic rings. The van der Waals surface area contributed by atoms with Crippen LogP contribution in [0.25, 0.3) is 11.1 Å². The van der Waals surface area contributed by atoms with Crippen LogP contribution in [0.1, 0.15) is 22.8 Å². The number of carboxylic acids is 1. The van der Waals surface area contributed by atoms with Crippen molar-refractivity contribution in [3.63, 3.8) is 0 Å². The summed E-state index contributed by atoms with van der Waals surface area (Å²) in [5.41, 5.74) is 1.96. The zero-order chi connectivity index (χ0) is 14.7. The van der Waals surface area contributed by atoms with Crippen molar-refractivity contribution in [3.8, 4) is 11.1 Å². The highest BCUT2D eigenvalue weighted by atomic mass is 16.6. The summed E-state index contributed by atoms with van der Waals surface area (Å²) >= 11 is 0. The van der Waals surface area contributed by atoms with Gasteiger partial charge in [-0.1, -0.05) is 31.2 Å². The Labute approximate surface area is 115 Å². The predicted molar refractivity (Wildman–Crippen MR) is 74.9 cm³/mol. The average Bonchev–Trinajstić information content (AvgIpc) is 2.46. The fourth-order valence-corrected chi connectivity index (χ4v) is 1.98. The number of carboxylic acid groups (broad SMARTS) is 1. The van der Waals surface area contributed by atoms with Gasteiger partial charge >= 0.3 is 5.97 Å². The SMILES string of the molecule is CCc1ccc(-c2ccc(C(=O)O)cc2[N+](=O)[O-])cc1. The van der Waals surface area contributed by atoms with Gasteiger partial charge in [-0.05, 0) is 29.7 Å². The maximum Gasteiger partial charge on any atom is 0.335 e. The van der Waals surface area contributed by atoms with Gasteiger partial charge in [0, 0.05) is 6.07 Å². The van der Waals surface area contributed by atoms with E-state index >= 15 is 0 Å². The standard InChI is InChI=1S/C15H13NO4/c1-2-10-3-5-11(6-4-10)13-8-7-12(15(17)18)9-14(13)16(19)20/h3-9H,2H2,1H3,(H,17,18). The molecule has 0 saturated carbocycles. The molecule has 5 nitrogen and oxygen atoms in total. The molecule has 0 saturated heterocycles. The number of hydrogen-bond acceptors (Lipinski definition) is 3. The molecule has 0 aliphatic rings. The van der Waals surface area contributed by atoms with Crippen molar-refractivity contribution in [2.24, 2.45) is 0 Å². The number of nitrogens with zero attached hydrogens (tertiary/aromatic N) is 1. The van der Waals surface area contributed by atoms with Gasteiger partial charge in [0.25, 0.3) is 5.69 Å². The Bertz CT molecular complexity index is 662. The van der Waals surface area contributed by atoms with Crippen molar-refractivity contribution in [1.82, 2.24) is 0 Å². The molecular weight excluding hydrogens is 258 g/mol. The minimum absolute atomic E-state index is 0.0920. The lowest BCUT2D eigenvalue weighted by Gasteiger charge is -2.05. The highest BCUT2D eigenvalue weighted by Gasteiger charge is 2.18. The van der Waals surface area contributed by atoms with Gasteiger partial charge in [0.15, 0.2) is 0 Å². The van der Waals surface area contributed by atoms with Crippen LogP contribution in [0.15, 0.2) is 42.5 Å². The Morgan fingerprint density at radius 3 is 2.35 bits per heavy atom. The van der Waals surface area contributed by atoms with Crippen LogP contribution in [0.3, 0.4) is 0 Å². The third-order valence-corrected chi connectivity index (χ3v) is 3.11. The van der Waals surface area contributed by atoms with Gasteiger partial charge in [-0.25, -0.2) is 4.79 Å². The smallest absolute Gasteiger partial charge is 0.335 e. The number of carbonyl (C=O) groups is 1. The number of aryl methyl sites for hydroxylation is 1. The van der Waals surface area contributed by atoms with E-state index in [1.54, 1.807) is 0 Å². The fourth-order valence-electron chi connectivity index (χ4n) is 1.98. The lowest BCUT2D eigenvalue weighted by Crippen LogP contribution is -1.99. The Morgan fingerprint density at radius 2 is 1.85 bits per heavy atom. The third kappa shape index (κ3) is 2.66. The minimum atomic E-state index is -1.18. The summed E-state index contributed by atoms with van der Waals surface area (Å²) in [7, 11) is 0. The van der Waals surface area contributed by atoms with Gasteiger partial charge in [0.1, 0.15) is 0 Å². The summed E-state index contributed by atoms with van der Waals surface area (Å²) in [5.74, 6) is -1.18.